The minimum atomic E-state index is -0.302. The number of nitrogens with zero attached hydrogens (tertiary/aromatic N) is 2. The van der Waals surface area contributed by atoms with Crippen LogP contribution in [0.3, 0.4) is 0 Å². The lowest BCUT2D eigenvalue weighted by molar-refractivity contribution is 0.0919. The number of ether oxygens (including phenoxy) is 1. The zero-order valence-electron chi connectivity index (χ0n) is 15.6. The maximum atomic E-state index is 13.2. The van der Waals surface area contributed by atoms with E-state index in [4.69, 9.17) is 4.74 Å². The number of aromatic nitrogens is 2. The summed E-state index contributed by atoms with van der Waals surface area (Å²) in [5, 5.41) is 8.52. The van der Waals surface area contributed by atoms with Gasteiger partial charge in [-0.3, -0.25) is 9.59 Å². The van der Waals surface area contributed by atoms with Gasteiger partial charge >= 0.3 is 0 Å². The molecule has 0 fully saturated rings. The minimum absolute atomic E-state index is 0.150. The molecule has 1 unspecified atom stereocenters. The average molecular weight is 442 g/mol. The van der Waals surface area contributed by atoms with Gasteiger partial charge in [0.2, 0.25) is 0 Å². The molecule has 0 aliphatic carbocycles. The molecule has 7 heteroatoms. The third kappa shape index (κ3) is 3.30. The van der Waals surface area contributed by atoms with E-state index in [1.807, 2.05) is 32.0 Å². The molecule has 1 N–H and O–H groups in total. The van der Waals surface area contributed by atoms with Gasteiger partial charge in [0, 0.05) is 21.8 Å². The number of nitrogens with one attached hydrogen (secondary N) is 1. The van der Waals surface area contributed by atoms with Crippen LogP contribution < -0.4 is 15.6 Å². The third-order valence-electron chi connectivity index (χ3n) is 4.85. The van der Waals surface area contributed by atoms with Crippen molar-refractivity contribution in [3.63, 3.8) is 0 Å². The van der Waals surface area contributed by atoms with Gasteiger partial charge in [-0.15, -0.1) is 0 Å². The molecule has 1 atom stereocenters. The monoisotopic (exact) mass is 441 g/mol. The summed E-state index contributed by atoms with van der Waals surface area (Å²) in [5.41, 5.74) is 0.991. The number of rotatable bonds is 3. The minimum Gasteiger partial charge on any atom is -0.493 e. The van der Waals surface area contributed by atoms with E-state index in [0.717, 1.165) is 15.8 Å². The molecule has 4 rings (SSSR count). The second-order valence-corrected chi connectivity index (χ2v) is 8.00. The highest BCUT2D eigenvalue weighted by molar-refractivity contribution is 9.10. The quantitative estimate of drug-likeness (QED) is 0.666. The summed E-state index contributed by atoms with van der Waals surface area (Å²) >= 11 is 3.48. The van der Waals surface area contributed by atoms with E-state index in [1.165, 1.54) is 4.68 Å². The van der Waals surface area contributed by atoms with Crippen LogP contribution in [-0.2, 0) is 0 Å². The summed E-state index contributed by atoms with van der Waals surface area (Å²) in [5.74, 6) is 0.466. The molecule has 1 aromatic heterocycles. The van der Waals surface area contributed by atoms with Crippen LogP contribution in [0.2, 0.25) is 0 Å². The van der Waals surface area contributed by atoms with Crippen molar-refractivity contribution in [2.75, 3.05) is 6.61 Å². The van der Waals surface area contributed by atoms with Gasteiger partial charge in [-0.1, -0.05) is 34.1 Å². The number of carbonyl (C=O) groups is 1. The second kappa shape index (κ2) is 7.39. The summed E-state index contributed by atoms with van der Waals surface area (Å²) in [6, 6.07) is 12.5. The lowest BCUT2D eigenvalue weighted by atomic mass is 10.00. The molecular formula is C21H20BrN3O3. The molecule has 3 aromatic rings. The molecule has 144 valence electrons. The van der Waals surface area contributed by atoms with Crippen molar-refractivity contribution >= 4 is 32.6 Å². The highest BCUT2D eigenvalue weighted by Gasteiger charge is 2.26. The van der Waals surface area contributed by atoms with Gasteiger partial charge in [-0.05, 0) is 38.1 Å². The van der Waals surface area contributed by atoms with Crippen LogP contribution in [0, 0.1) is 0 Å². The molecule has 2 heterocycles. The summed E-state index contributed by atoms with van der Waals surface area (Å²) in [4.78, 5) is 25.8. The fourth-order valence-corrected chi connectivity index (χ4v) is 3.84. The number of halogens is 1. The Morgan fingerprint density at radius 3 is 2.75 bits per heavy atom. The molecule has 28 heavy (non-hydrogen) atoms. The first-order chi connectivity index (χ1) is 13.5. The third-order valence-corrected chi connectivity index (χ3v) is 5.34. The smallest absolute Gasteiger partial charge is 0.274 e. The van der Waals surface area contributed by atoms with Crippen molar-refractivity contribution < 1.29 is 9.53 Å². The van der Waals surface area contributed by atoms with Gasteiger partial charge in [-0.2, -0.15) is 5.10 Å². The van der Waals surface area contributed by atoms with Crippen LogP contribution in [0.4, 0.5) is 0 Å². The number of hydrogen-bond acceptors (Lipinski definition) is 4. The molecule has 0 bridgehead atoms. The van der Waals surface area contributed by atoms with Crippen LogP contribution in [-0.4, -0.2) is 22.3 Å². The molecule has 0 radical (unpaired) electrons. The van der Waals surface area contributed by atoms with Gasteiger partial charge in [0.25, 0.3) is 11.5 Å². The Hall–Kier alpha value is -2.67. The average Bonchev–Trinajstić information content (AvgIpc) is 2.68. The van der Waals surface area contributed by atoms with Crippen molar-refractivity contribution in [1.82, 2.24) is 15.1 Å². The molecule has 2 aromatic carbocycles. The molecule has 1 amide bonds. The van der Waals surface area contributed by atoms with Crippen LogP contribution in [0.15, 0.2) is 51.7 Å². The topological polar surface area (TPSA) is 73.2 Å². The Kier molecular flexibility index (Phi) is 4.93. The van der Waals surface area contributed by atoms with Crippen LogP contribution in [0.5, 0.6) is 5.75 Å². The van der Waals surface area contributed by atoms with Crippen molar-refractivity contribution in [2.45, 2.75) is 32.4 Å². The maximum Gasteiger partial charge on any atom is 0.274 e. The Morgan fingerprint density at radius 2 is 2.00 bits per heavy atom. The second-order valence-electron chi connectivity index (χ2n) is 7.08. The van der Waals surface area contributed by atoms with Crippen molar-refractivity contribution in [1.29, 1.82) is 0 Å². The number of amides is 1. The molecule has 1 aliphatic heterocycles. The van der Waals surface area contributed by atoms with E-state index < -0.39 is 0 Å². The predicted octanol–water partition coefficient (Wildman–Crippen LogP) is 3.99. The number of benzene rings is 2. The summed E-state index contributed by atoms with van der Waals surface area (Å²) < 4.78 is 7.99. The summed E-state index contributed by atoms with van der Waals surface area (Å²) in [6.07, 6.45) is 0.664. The Labute approximate surface area is 170 Å². The summed E-state index contributed by atoms with van der Waals surface area (Å²) in [7, 11) is 0. The molecule has 6 nitrogen and oxygen atoms in total. The molecule has 0 saturated carbocycles. The van der Waals surface area contributed by atoms with Crippen LogP contribution >= 0.6 is 15.9 Å². The largest absolute Gasteiger partial charge is 0.493 e. The molecular weight excluding hydrogens is 422 g/mol. The highest BCUT2D eigenvalue weighted by atomic mass is 79.9. The lowest BCUT2D eigenvalue weighted by Crippen LogP contribution is -2.35. The van der Waals surface area contributed by atoms with E-state index in [1.54, 1.807) is 24.3 Å². The first-order valence-electron chi connectivity index (χ1n) is 9.20. The molecule has 0 saturated heterocycles. The van der Waals surface area contributed by atoms with Gasteiger partial charge in [0.05, 0.1) is 24.1 Å². The lowest BCUT2D eigenvalue weighted by Gasteiger charge is -2.27. The van der Waals surface area contributed by atoms with E-state index >= 15 is 0 Å². The first kappa shape index (κ1) is 18.7. The highest BCUT2D eigenvalue weighted by Crippen LogP contribution is 2.34. The zero-order chi connectivity index (χ0) is 19.8. The van der Waals surface area contributed by atoms with Gasteiger partial charge < -0.3 is 10.1 Å². The fraction of sp³-hybridized carbons (Fsp3) is 0.286. The van der Waals surface area contributed by atoms with Crippen LogP contribution in [0.1, 0.15) is 48.4 Å². The normalized spacial score (nSPS) is 15.9. The first-order valence-corrected chi connectivity index (χ1v) is 9.99. The predicted molar refractivity (Wildman–Crippen MR) is 111 cm³/mol. The molecule has 1 aliphatic rings. The standard InChI is InChI=1S/C21H20BrN3O3/c1-12(2)25-21(27)15-6-4-3-5-14(15)19(24-25)20(26)23-17-9-10-28-18-8-7-13(22)11-16(17)18/h3-8,11-12,17H,9-10H2,1-2H3,(H,23,26). The van der Waals surface area contributed by atoms with E-state index in [-0.39, 0.29) is 29.2 Å². The van der Waals surface area contributed by atoms with Crippen molar-refractivity contribution in [3.05, 3.63) is 68.5 Å². The Balaban J connectivity index is 1.76. The zero-order valence-corrected chi connectivity index (χ0v) is 17.2. The number of carbonyl (C=O) groups excluding carboxylic acids is 1. The van der Waals surface area contributed by atoms with Crippen LogP contribution in [0.25, 0.3) is 10.8 Å². The summed E-state index contributed by atoms with van der Waals surface area (Å²) in [6.45, 7) is 4.27. The number of hydrogen-bond donors (Lipinski definition) is 1. The van der Waals surface area contributed by atoms with Gasteiger partial charge in [-0.25, -0.2) is 4.68 Å². The van der Waals surface area contributed by atoms with Crippen molar-refractivity contribution in [2.24, 2.45) is 0 Å². The van der Waals surface area contributed by atoms with E-state index in [0.29, 0.717) is 23.8 Å². The van der Waals surface area contributed by atoms with Gasteiger partial charge in [0.1, 0.15) is 5.75 Å². The van der Waals surface area contributed by atoms with E-state index in [9.17, 15) is 9.59 Å². The van der Waals surface area contributed by atoms with Crippen molar-refractivity contribution in [3.8, 4) is 5.75 Å². The van der Waals surface area contributed by atoms with Gasteiger partial charge in [0.15, 0.2) is 5.69 Å². The molecule has 0 spiro atoms. The maximum absolute atomic E-state index is 13.2. The van der Waals surface area contributed by atoms with E-state index in [2.05, 4.69) is 26.3 Å². The number of fused-ring (bicyclic) bond motifs is 2. The fourth-order valence-electron chi connectivity index (χ4n) is 3.47. The SMILES string of the molecule is CC(C)n1nc(C(=O)NC2CCOc3ccc(Br)cc32)c2ccccc2c1=O. The Bertz CT molecular complexity index is 1120. The Morgan fingerprint density at radius 1 is 1.25 bits per heavy atom.